The van der Waals surface area contributed by atoms with Crippen LogP contribution in [0.2, 0.25) is 0 Å². The number of carbonyl (C=O) groups is 1. The van der Waals surface area contributed by atoms with Crippen LogP contribution in [0.1, 0.15) is 25.3 Å². The van der Waals surface area contributed by atoms with Gasteiger partial charge in [-0.1, -0.05) is 12.1 Å². The van der Waals surface area contributed by atoms with Crippen LogP contribution in [0, 0.1) is 5.82 Å². The highest BCUT2D eigenvalue weighted by Gasteiger charge is 2.32. The van der Waals surface area contributed by atoms with E-state index in [4.69, 9.17) is 4.74 Å². The minimum atomic E-state index is -0.252. The maximum atomic E-state index is 12.8. The second-order valence-corrected chi connectivity index (χ2v) is 4.52. The molecule has 0 N–H and O–H groups in total. The van der Waals surface area contributed by atoms with Gasteiger partial charge in [-0.05, 0) is 37.5 Å². The largest absolute Gasteiger partial charge is 0.372 e. The molecular formula is C14H18FNO2. The summed E-state index contributed by atoms with van der Waals surface area (Å²) in [5.74, 6) is -0.235. The molecule has 0 bridgehead atoms. The fraction of sp³-hybridized carbons (Fsp3) is 0.500. The van der Waals surface area contributed by atoms with Gasteiger partial charge in [-0.25, -0.2) is 4.39 Å². The fourth-order valence-electron chi connectivity index (χ4n) is 1.87. The van der Waals surface area contributed by atoms with E-state index in [2.05, 4.69) is 0 Å². The normalized spacial score (nSPS) is 14.6. The first-order valence-corrected chi connectivity index (χ1v) is 6.32. The quantitative estimate of drug-likeness (QED) is 0.776. The SMILES string of the molecule is CCOCC(=O)N(Cc1ccc(F)cc1)C1CC1. The average molecular weight is 251 g/mol. The zero-order valence-corrected chi connectivity index (χ0v) is 10.6. The van der Waals surface area contributed by atoms with Crippen molar-refractivity contribution in [2.24, 2.45) is 0 Å². The van der Waals surface area contributed by atoms with E-state index in [1.54, 1.807) is 12.1 Å². The van der Waals surface area contributed by atoms with Crippen LogP contribution in [0.25, 0.3) is 0 Å². The zero-order valence-electron chi connectivity index (χ0n) is 10.6. The second kappa shape index (κ2) is 5.96. The van der Waals surface area contributed by atoms with Gasteiger partial charge in [0.05, 0.1) is 0 Å². The Morgan fingerprint density at radius 1 is 1.39 bits per heavy atom. The molecule has 2 rings (SSSR count). The molecular weight excluding hydrogens is 233 g/mol. The summed E-state index contributed by atoms with van der Waals surface area (Å²) in [6.45, 7) is 3.08. The molecule has 0 aliphatic heterocycles. The Morgan fingerprint density at radius 3 is 2.61 bits per heavy atom. The third-order valence-corrected chi connectivity index (χ3v) is 3.00. The molecule has 1 amide bonds. The number of benzene rings is 1. The van der Waals surface area contributed by atoms with Crippen molar-refractivity contribution < 1.29 is 13.9 Å². The number of hydrogen-bond donors (Lipinski definition) is 0. The minimum Gasteiger partial charge on any atom is -0.372 e. The van der Waals surface area contributed by atoms with Crippen molar-refractivity contribution in [1.82, 2.24) is 4.90 Å². The van der Waals surface area contributed by atoms with Crippen molar-refractivity contribution in [1.29, 1.82) is 0 Å². The molecule has 1 saturated carbocycles. The second-order valence-electron chi connectivity index (χ2n) is 4.52. The van der Waals surface area contributed by atoms with Gasteiger partial charge in [0, 0.05) is 19.2 Å². The monoisotopic (exact) mass is 251 g/mol. The van der Waals surface area contributed by atoms with Gasteiger partial charge in [0.15, 0.2) is 0 Å². The predicted octanol–water partition coefficient (Wildman–Crippen LogP) is 2.35. The molecule has 1 aliphatic rings. The van der Waals surface area contributed by atoms with Crippen molar-refractivity contribution in [3.63, 3.8) is 0 Å². The van der Waals surface area contributed by atoms with E-state index in [9.17, 15) is 9.18 Å². The molecule has 1 fully saturated rings. The smallest absolute Gasteiger partial charge is 0.249 e. The maximum absolute atomic E-state index is 12.8. The molecule has 0 spiro atoms. The van der Waals surface area contributed by atoms with Crippen molar-refractivity contribution in [2.75, 3.05) is 13.2 Å². The third-order valence-electron chi connectivity index (χ3n) is 3.00. The topological polar surface area (TPSA) is 29.5 Å². The first kappa shape index (κ1) is 13.0. The molecule has 18 heavy (non-hydrogen) atoms. The summed E-state index contributed by atoms with van der Waals surface area (Å²) in [7, 11) is 0. The number of halogens is 1. The first-order valence-electron chi connectivity index (χ1n) is 6.32. The molecule has 1 aliphatic carbocycles. The lowest BCUT2D eigenvalue weighted by Crippen LogP contribution is -2.35. The lowest BCUT2D eigenvalue weighted by Gasteiger charge is -2.22. The maximum Gasteiger partial charge on any atom is 0.249 e. The molecule has 3 nitrogen and oxygen atoms in total. The van der Waals surface area contributed by atoms with Crippen LogP contribution in [0.15, 0.2) is 24.3 Å². The zero-order chi connectivity index (χ0) is 13.0. The van der Waals surface area contributed by atoms with Crippen LogP contribution >= 0.6 is 0 Å². The highest BCUT2D eigenvalue weighted by Crippen LogP contribution is 2.28. The number of rotatable bonds is 6. The van der Waals surface area contributed by atoms with E-state index in [1.807, 2.05) is 11.8 Å². The molecule has 4 heteroatoms. The van der Waals surface area contributed by atoms with Crippen LogP contribution < -0.4 is 0 Å². The average Bonchev–Trinajstić information content (AvgIpc) is 3.19. The Morgan fingerprint density at radius 2 is 2.06 bits per heavy atom. The third kappa shape index (κ3) is 3.53. The van der Waals surface area contributed by atoms with Crippen LogP contribution in [0.3, 0.4) is 0 Å². The number of hydrogen-bond acceptors (Lipinski definition) is 2. The van der Waals surface area contributed by atoms with Gasteiger partial charge < -0.3 is 9.64 Å². The molecule has 98 valence electrons. The van der Waals surface area contributed by atoms with Gasteiger partial charge in [-0.15, -0.1) is 0 Å². The van der Waals surface area contributed by atoms with Crippen LogP contribution in [-0.4, -0.2) is 30.1 Å². The summed E-state index contributed by atoms with van der Waals surface area (Å²) in [4.78, 5) is 13.8. The van der Waals surface area contributed by atoms with Crippen LogP contribution in [0.5, 0.6) is 0 Å². The summed E-state index contributed by atoms with van der Waals surface area (Å²) in [5, 5.41) is 0. The van der Waals surface area contributed by atoms with Crippen molar-refractivity contribution in [2.45, 2.75) is 32.4 Å². The van der Waals surface area contributed by atoms with Crippen LogP contribution in [-0.2, 0) is 16.1 Å². The highest BCUT2D eigenvalue weighted by molar-refractivity contribution is 5.78. The molecule has 0 saturated heterocycles. The lowest BCUT2D eigenvalue weighted by atomic mass is 10.2. The van der Waals surface area contributed by atoms with E-state index in [1.165, 1.54) is 12.1 Å². The standard InChI is InChI=1S/C14H18FNO2/c1-2-18-10-14(17)16(13-7-8-13)9-11-3-5-12(15)6-4-11/h3-6,13H,2,7-10H2,1H3. The summed E-state index contributed by atoms with van der Waals surface area (Å²) in [6.07, 6.45) is 2.11. The van der Waals surface area contributed by atoms with Gasteiger partial charge in [0.25, 0.3) is 0 Å². The summed E-state index contributed by atoms with van der Waals surface area (Å²) >= 11 is 0. The van der Waals surface area contributed by atoms with Gasteiger partial charge in [0.2, 0.25) is 5.91 Å². The van der Waals surface area contributed by atoms with E-state index < -0.39 is 0 Å². The summed E-state index contributed by atoms with van der Waals surface area (Å²) < 4.78 is 18.0. The molecule has 0 radical (unpaired) electrons. The van der Waals surface area contributed by atoms with Crippen molar-refractivity contribution in [3.05, 3.63) is 35.6 Å². The van der Waals surface area contributed by atoms with Gasteiger partial charge in [-0.2, -0.15) is 0 Å². The van der Waals surface area contributed by atoms with Crippen LogP contribution in [0.4, 0.5) is 4.39 Å². The van der Waals surface area contributed by atoms with Gasteiger partial charge in [-0.3, -0.25) is 4.79 Å². The Kier molecular flexibility index (Phi) is 4.31. The lowest BCUT2D eigenvalue weighted by molar-refractivity contribution is -0.137. The van der Waals surface area contributed by atoms with Gasteiger partial charge >= 0.3 is 0 Å². The molecule has 0 heterocycles. The Labute approximate surface area is 107 Å². The Balaban J connectivity index is 1.97. The number of carbonyl (C=O) groups excluding carboxylic acids is 1. The van der Waals surface area contributed by atoms with Crippen molar-refractivity contribution in [3.8, 4) is 0 Å². The Bertz CT molecular complexity index is 401. The molecule has 1 aromatic rings. The van der Waals surface area contributed by atoms with E-state index in [0.717, 1.165) is 18.4 Å². The van der Waals surface area contributed by atoms with Gasteiger partial charge in [0.1, 0.15) is 12.4 Å². The van der Waals surface area contributed by atoms with E-state index in [-0.39, 0.29) is 18.3 Å². The summed E-state index contributed by atoms with van der Waals surface area (Å²) in [5.41, 5.74) is 0.952. The number of ether oxygens (including phenoxy) is 1. The molecule has 1 aromatic carbocycles. The molecule has 0 unspecified atom stereocenters. The first-order chi connectivity index (χ1) is 8.70. The predicted molar refractivity (Wildman–Crippen MR) is 66.5 cm³/mol. The summed E-state index contributed by atoms with van der Waals surface area (Å²) in [6, 6.07) is 6.63. The number of amides is 1. The number of nitrogens with zero attached hydrogens (tertiary/aromatic N) is 1. The Hall–Kier alpha value is -1.42. The van der Waals surface area contributed by atoms with Crippen molar-refractivity contribution >= 4 is 5.91 Å². The van der Waals surface area contributed by atoms with E-state index >= 15 is 0 Å². The molecule has 0 aromatic heterocycles. The highest BCUT2D eigenvalue weighted by atomic mass is 19.1. The molecule has 0 atom stereocenters. The fourth-order valence-corrected chi connectivity index (χ4v) is 1.87. The minimum absolute atomic E-state index is 0.0173. The van der Waals surface area contributed by atoms with E-state index in [0.29, 0.717) is 19.2 Å².